The van der Waals surface area contributed by atoms with E-state index in [-0.39, 0.29) is 0 Å². The van der Waals surface area contributed by atoms with Gasteiger partial charge in [0.1, 0.15) is 42.2 Å². The molecule has 6 N–H and O–H groups in total. The number of hydrogen-bond acceptors (Lipinski definition) is 10. The quantitative estimate of drug-likeness (QED) is 0.278. The van der Waals surface area contributed by atoms with Crippen LogP contribution in [0, 0.1) is 5.92 Å². The van der Waals surface area contributed by atoms with Crippen molar-refractivity contribution in [2.45, 2.75) is 67.8 Å². The summed E-state index contributed by atoms with van der Waals surface area (Å²) in [5.74, 6) is -0.759. The molecule has 3 aliphatic heterocycles. The molecule has 1 aliphatic carbocycles. The lowest BCUT2D eigenvalue weighted by Crippen LogP contribution is -2.61. The highest BCUT2D eigenvalue weighted by Crippen LogP contribution is 2.56. The molecular formula is C15H22O10. The predicted octanol–water partition coefficient (Wildman–Crippen LogP) is -3.45. The van der Waals surface area contributed by atoms with Gasteiger partial charge in [-0.3, -0.25) is 0 Å². The van der Waals surface area contributed by atoms with E-state index in [0.29, 0.717) is 5.57 Å². The van der Waals surface area contributed by atoms with E-state index in [1.807, 2.05) is 0 Å². The van der Waals surface area contributed by atoms with E-state index in [9.17, 15) is 30.6 Å². The van der Waals surface area contributed by atoms with Gasteiger partial charge in [-0.2, -0.15) is 0 Å². The molecule has 10 heteroatoms. The van der Waals surface area contributed by atoms with Crippen LogP contribution in [0.4, 0.5) is 0 Å². The first-order valence-corrected chi connectivity index (χ1v) is 8.15. The lowest BCUT2D eigenvalue weighted by molar-refractivity contribution is -0.348. The van der Waals surface area contributed by atoms with Crippen LogP contribution in [0.15, 0.2) is 11.8 Å². The molecule has 142 valence electrons. The van der Waals surface area contributed by atoms with Crippen LogP contribution in [0.3, 0.4) is 0 Å². The van der Waals surface area contributed by atoms with Gasteiger partial charge in [0.25, 0.3) is 0 Å². The van der Waals surface area contributed by atoms with Gasteiger partial charge in [-0.25, -0.2) is 0 Å². The highest BCUT2D eigenvalue weighted by atomic mass is 16.8. The van der Waals surface area contributed by atoms with Gasteiger partial charge in [-0.1, -0.05) is 0 Å². The minimum atomic E-state index is -1.59. The van der Waals surface area contributed by atoms with Crippen molar-refractivity contribution in [3.05, 3.63) is 11.8 Å². The van der Waals surface area contributed by atoms with Crippen molar-refractivity contribution < 1.29 is 49.6 Å². The summed E-state index contributed by atoms with van der Waals surface area (Å²) in [6, 6.07) is 0. The first kappa shape index (κ1) is 17.6. The van der Waals surface area contributed by atoms with Gasteiger partial charge in [-0.05, 0) is 12.5 Å². The van der Waals surface area contributed by atoms with Crippen molar-refractivity contribution in [1.82, 2.24) is 0 Å². The Kier molecular flexibility index (Phi) is 4.11. The molecule has 0 aromatic rings. The average Bonchev–Trinajstić information content (AvgIpc) is 3.33. The molecule has 0 aromatic carbocycles. The fourth-order valence-corrected chi connectivity index (χ4v) is 4.01. The number of epoxide rings is 1. The molecule has 11 unspecified atom stereocenters. The van der Waals surface area contributed by atoms with Crippen molar-refractivity contribution in [2.24, 2.45) is 5.92 Å². The maximum absolute atomic E-state index is 10.9. The summed E-state index contributed by atoms with van der Waals surface area (Å²) in [5.41, 5.74) is -1.17. The second-order valence-electron chi connectivity index (χ2n) is 7.00. The van der Waals surface area contributed by atoms with Crippen LogP contribution in [0.1, 0.15) is 6.92 Å². The van der Waals surface area contributed by atoms with Crippen LogP contribution in [0.5, 0.6) is 0 Å². The van der Waals surface area contributed by atoms with Gasteiger partial charge >= 0.3 is 0 Å². The Bertz CT molecular complexity index is 567. The first-order chi connectivity index (χ1) is 11.8. The highest BCUT2D eigenvalue weighted by Gasteiger charge is 2.73. The Balaban J connectivity index is 1.55. The van der Waals surface area contributed by atoms with E-state index < -0.39 is 73.4 Å². The summed E-state index contributed by atoms with van der Waals surface area (Å²) in [6.07, 6.45) is -9.22. The Morgan fingerprint density at radius 3 is 2.44 bits per heavy atom. The molecule has 3 fully saturated rings. The zero-order chi connectivity index (χ0) is 18.1. The maximum Gasteiger partial charge on any atom is 0.210 e. The molecule has 0 amide bonds. The Morgan fingerprint density at radius 2 is 1.76 bits per heavy atom. The minimum Gasteiger partial charge on any atom is -0.472 e. The number of fused-ring (bicyclic) bond motifs is 3. The van der Waals surface area contributed by atoms with Crippen LogP contribution in [-0.2, 0) is 18.9 Å². The van der Waals surface area contributed by atoms with Crippen LogP contribution >= 0.6 is 0 Å². The van der Waals surface area contributed by atoms with E-state index in [2.05, 4.69) is 0 Å². The van der Waals surface area contributed by atoms with Crippen LogP contribution < -0.4 is 0 Å². The Hall–Kier alpha value is -0.820. The fraction of sp³-hybridized carbons (Fsp3) is 0.867. The molecule has 10 nitrogen and oxygen atoms in total. The van der Waals surface area contributed by atoms with Gasteiger partial charge < -0.3 is 49.6 Å². The van der Waals surface area contributed by atoms with E-state index in [4.69, 9.17) is 18.9 Å². The molecule has 0 spiro atoms. The lowest BCUT2D eigenvalue weighted by atomic mass is 9.80. The van der Waals surface area contributed by atoms with E-state index in [0.717, 1.165) is 0 Å². The molecule has 4 aliphatic rings. The third-order valence-electron chi connectivity index (χ3n) is 5.61. The van der Waals surface area contributed by atoms with Crippen molar-refractivity contribution in [2.75, 3.05) is 6.61 Å². The second-order valence-corrected chi connectivity index (χ2v) is 7.00. The minimum absolute atomic E-state index is 0.425. The summed E-state index contributed by atoms with van der Waals surface area (Å²) in [7, 11) is 0. The number of ether oxygens (including phenoxy) is 4. The number of hydrogen-bond donors (Lipinski definition) is 6. The molecule has 0 radical (unpaired) electrons. The van der Waals surface area contributed by atoms with Gasteiger partial charge in [0.2, 0.25) is 6.29 Å². The smallest absolute Gasteiger partial charge is 0.210 e. The first-order valence-electron chi connectivity index (χ1n) is 8.15. The SMILES string of the molecule is CC1=COC(OC2OC(CO)C(O)C(O)C2O)C2C3OC3C(O)C12O. The van der Waals surface area contributed by atoms with Crippen molar-refractivity contribution in [1.29, 1.82) is 0 Å². The Morgan fingerprint density at radius 1 is 1.04 bits per heavy atom. The van der Waals surface area contributed by atoms with Gasteiger partial charge in [0.05, 0.1) is 24.9 Å². The summed E-state index contributed by atoms with van der Waals surface area (Å²) in [4.78, 5) is 0. The second kappa shape index (κ2) is 5.84. The van der Waals surface area contributed by atoms with Crippen LogP contribution in [-0.4, -0.2) is 98.2 Å². The molecule has 4 rings (SSSR count). The molecule has 3 heterocycles. The fourth-order valence-electron chi connectivity index (χ4n) is 4.01. The molecular weight excluding hydrogens is 340 g/mol. The molecule has 1 saturated carbocycles. The van der Waals surface area contributed by atoms with E-state index >= 15 is 0 Å². The third-order valence-corrected chi connectivity index (χ3v) is 5.61. The summed E-state index contributed by atoms with van der Waals surface area (Å²) >= 11 is 0. The van der Waals surface area contributed by atoms with Crippen molar-refractivity contribution >= 4 is 0 Å². The van der Waals surface area contributed by atoms with Crippen LogP contribution in [0.25, 0.3) is 0 Å². The lowest BCUT2D eigenvalue weighted by Gasteiger charge is -2.45. The standard InChI is InChI=1S/C15H22O10/c1-4-3-22-13(6-10-11(24-10)12(20)15(4,6)21)25-14-9(19)8(18)7(17)5(2-16)23-14/h3,5-14,16-21H,2H2,1H3. The molecule has 2 saturated heterocycles. The molecule has 25 heavy (non-hydrogen) atoms. The van der Waals surface area contributed by atoms with Crippen molar-refractivity contribution in [3.63, 3.8) is 0 Å². The van der Waals surface area contributed by atoms with E-state index in [1.54, 1.807) is 6.92 Å². The zero-order valence-electron chi connectivity index (χ0n) is 13.4. The number of aliphatic hydroxyl groups excluding tert-OH is 5. The average molecular weight is 362 g/mol. The predicted molar refractivity (Wildman–Crippen MR) is 76.6 cm³/mol. The largest absolute Gasteiger partial charge is 0.472 e. The third kappa shape index (κ3) is 2.37. The zero-order valence-corrected chi connectivity index (χ0v) is 13.4. The highest BCUT2D eigenvalue weighted by molar-refractivity contribution is 5.31. The van der Waals surface area contributed by atoms with Gasteiger partial charge in [-0.15, -0.1) is 0 Å². The molecule has 0 bridgehead atoms. The van der Waals surface area contributed by atoms with Crippen LogP contribution in [0.2, 0.25) is 0 Å². The normalized spacial score (nSPS) is 57.3. The monoisotopic (exact) mass is 362 g/mol. The molecule has 0 aromatic heterocycles. The Labute approximate surface area is 142 Å². The van der Waals surface area contributed by atoms with Gasteiger partial charge in [0, 0.05) is 0 Å². The van der Waals surface area contributed by atoms with Gasteiger partial charge in [0.15, 0.2) is 6.29 Å². The number of rotatable bonds is 3. The summed E-state index contributed by atoms with van der Waals surface area (Å²) in [6.45, 7) is 1.03. The van der Waals surface area contributed by atoms with E-state index in [1.165, 1.54) is 6.26 Å². The molecule has 11 atom stereocenters. The summed E-state index contributed by atoms with van der Waals surface area (Å²) in [5, 5.41) is 60.2. The maximum atomic E-state index is 10.9. The van der Waals surface area contributed by atoms with Crippen molar-refractivity contribution in [3.8, 4) is 0 Å². The number of aliphatic hydroxyl groups is 6. The topological polar surface area (TPSA) is 162 Å². The summed E-state index contributed by atoms with van der Waals surface area (Å²) < 4.78 is 21.7.